The topological polar surface area (TPSA) is 128 Å². The fourth-order valence-corrected chi connectivity index (χ4v) is 4.24. The number of fused-ring (bicyclic) bond motifs is 1. The van der Waals surface area contributed by atoms with Crippen LogP contribution in [0.3, 0.4) is 0 Å². The van der Waals surface area contributed by atoms with Gasteiger partial charge in [-0.15, -0.1) is 0 Å². The van der Waals surface area contributed by atoms with Crippen molar-refractivity contribution in [2.24, 2.45) is 0 Å². The second-order valence-corrected chi connectivity index (χ2v) is 8.30. The molecule has 15 heteroatoms. The highest BCUT2D eigenvalue weighted by atomic mass is 79.9. The molecular formula is C21H23Br2F3N4O6. The Morgan fingerprint density at radius 2 is 1.69 bits per heavy atom. The Morgan fingerprint density at radius 3 is 2.17 bits per heavy atom. The lowest BCUT2D eigenvalue weighted by atomic mass is 10.2. The maximum absolute atomic E-state index is 10.6. The van der Waals surface area contributed by atoms with Gasteiger partial charge in [0.2, 0.25) is 17.6 Å². The van der Waals surface area contributed by atoms with Gasteiger partial charge in [-0.05, 0) is 45.2 Å². The summed E-state index contributed by atoms with van der Waals surface area (Å²) >= 11 is 7.18. The van der Waals surface area contributed by atoms with Gasteiger partial charge in [-0.25, -0.2) is 4.79 Å². The molecule has 3 rings (SSSR count). The number of anilines is 2. The summed E-state index contributed by atoms with van der Waals surface area (Å²) in [7, 11) is 4.68. The first-order valence-electron chi connectivity index (χ1n) is 10.2. The van der Waals surface area contributed by atoms with E-state index in [4.69, 9.17) is 28.8 Å². The lowest BCUT2D eigenvalue weighted by Gasteiger charge is -2.17. The Balaban J connectivity index is 0.000000572. The average Bonchev–Trinajstić information content (AvgIpc) is 3.15. The molecule has 0 radical (unpaired) electrons. The van der Waals surface area contributed by atoms with Crippen molar-refractivity contribution in [1.29, 1.82) is 0 Å². The number of hydrogen-bond donors (Lipinski definition) is 3. The van der Waals surface area contributed by atoms with E-state index in [9.17, 15) is 13.2 Å². The summed E-state index contributed by atoms with van der Waals surface area (Å²) in [6.45, 7) is 4.46. The van der Waals surface area contributed by atoms with Crippen molar-refractivity contribution in [3.05, 3.63) is 20.7 Å². The van der Waals surface area contributed by atoms with Crippen molar-refractivity contribution in [1.82, 2.24) is 15.0 Å². The molecule has 2 aromatic heterocycles. The maximum Gasteiger partial charge on any atom is 0.490 e. The molecule has 0 atom stereocenters. The van der Waals surface area contributed by atoms with Gasteiger partial charge in [-0.1, -0.05) is 6.92 Å². The highest BCUT2D eigenvalue weighted by molar-refractivity contribution is 9.11. The zero-order valence-corrected chi connectivity index (χ0v) is 22.9. The van der Waals surface area contributed by atoms with Crippen molar-refractivity contribution in [3.63, 3.8) is 0 Å². The number of hydrogen-bond acceptors (Lipinski definition) is 8. The summed E-state index contributed by atoms with van der Waals surface area (Å²) in [4.78, 5) is 21.4. The highest BCUT2D eigenvalue weighted by Crippen LogP contribution is 2.47. The van der Waals surface area contributed by atoms with Gasteiger partial charge in [0.15, 0.2) is 11.5 Å². The smallest absolute Gasteiger partial charge is 0.490 e. The molecule has 1 aromatic carbocycles. The third-order valence-electron chi connectivity index (χ3n) is 4.52. The van der Waals surface area contributed by atoms with Crippen molar-refractivity contribution in [3.8, 4) is 23.1 Å². The number of methoxy groups -OCH3 is 3. The molecule has 0 aliphatic carbocycles. The Morgan fingerprint density at radius 1 is 1.08 bits per heavy atom. The van der Waals surface area contributed by atoms with Crippen molar-refractivity contribution < 1.29 is 42.0 Å². The van der Waals surface area contributed by atoms with E-state index < -0.39 is 12.1 Å². The Hall–Kier alpha value is -2.94. The van der Waals surface area contributed by atoms with Crippen LogP contribution in [0.4, 0.5) is 24.8 Å². The summed E-state index contributed by atoms with van der Waals surface area (Å²) in [5.74, 6) is -0.403. The molecule has 0 fully saturated rings. The van der Waals surface area contributed by atoms with Crippen molar-refractivity contribution in [2.75, 3.05) is 33.3 Å². The lowest BCUT2D eigenvalue weighted by Crippen LogP contribution is -2.21. The number of aliphatic carboxylic acids is 1. The zero-order valence-electron chi connectivity index (χ0n) is 19.8. The Labute approximate surface area is 220 Å². The molecule has 198 valence electrons. The van der Waals surface area contributed by atoms with Gasteiger partial charge in [0.05, 0.1) is 48.0 Å². The molecule has 0 aliphatic rings. The number of carboxylic acids is 1. The predicted molar refractivity (Wildman–Crippen MR) is 133 cm³/mol. The SMILES string of the molecule is CCOc1nc(Nc2cc(OC)c(OC)c(OC)c2Br)nc2[nH]c(CC)c(Br)c12.O=C(O)C(F)(F)F. The number of nitrogens with zero attached hydrogens (tertiary/aromatic N) is 2. The summed E-state index contributed by atoms with van der Waals surface area (Å²) in [5, 5.41) is 11.2. The fraction of sp³-hybridized carbons (Fsp3) is 0.381. The zero-order chi connectivity index (χ0) is 27.2. The molecule has 10 nitrogen and oxygen atoms in total. The molecule has 3 N–H and O–H groups in total. The number of ether oxygens (including phenoxy) is 4. The lowest BCUT2D eigenvalue weighted by molar-refractivity contribution is -0.192. The number of alkyl halides is 3. The highest BCUT2D eigenvalue weighted by Gasteiger charge is 2.38. The van der Waals surface area contributed by atoms with Crippen LogP contribution in [0, 0.1) is 0 Å². The summed E-state index contributed by atoms with van der Waals surface area (Å²) < 4.78 is 55.4. The molecule has 0 saturated carbocycles. The Bertz CT molecular complexity index is 1240. The molecule has 0 unspecified atom stereocenters. The molecule has 36 heavy (non-hydrogen) atoms. The predicted octanol–water partition coefficient (Wildman–Crippen LogP) is 5.85. The number of carboxylic acid groups (broad SMARTS) is 1. The molecule has 0 aliphatic heterocycles. The van der Waals surface area contributed by atoms with E-state index in [0.717, 1.165) is 22.0 Å². The third kappa shape index (κ3) is 6.43. The van der Waals surface area contributed by atoms with E-state index in [0.29, 0.717) is 51.5 Å². The van der Waals surface area contributed by atoms with E-state index in [1.54, 1.807) is 27.4 Å². The van der Waals surface area contributed by atoms with Crippen LogP contribution in [0.5, 0.6) is 23.1 Å². The average molecular weight is 644 g/mol. The van der Waals surface area contributed by atoms with Crippen molar-refractivity contribution in [2.45, 2.75) is 26.4 Å². The molecule has 3 aromatic rings. The van der Waals surface area contributed by atoms with Gasteiger partial charge in [-0.2, -0.15) is 23.1 Å². The van der Waals surface area contributed by atoms with E-state index in [1.165, 1.54) is 0 Å². The van der Waals surface area contributed by atoms with Crippen LogP contribution in [0.1, 0.15) is 19.5 Å². The van der Waals surface area contributed by atoms with Gasteiger partial charge in [-0.3, -0.25) is 0 Å². The number of H-pyrrole nitrogens is 1. The van der Waals surface area contributed by atoms with E-state index in [2.05, 4.69) is 59.1 Å². The standard InChI is InChI=1S/C19H22Br2N4O4.C2HF3O2/c1-6-9-13(20)12-17(22-9)24-19(25-18(12)29-7-2)23-10-8-11(26-3)15(27-4)16(28-5)14(10)21;3-2(4,5)1(6)7/h8H,6-7H2,1-5H3,(H2,22,23,24,25);(H,6,7). The van der Waals surface area contributed by atoms with E-state index in [1.807, 2.05) is 6.92 Å². The second-order valence-electron chi connectivity index (χ2n) is 6.71. The van der Waals surface area contributed by atoms with Crippen LogP contribution < -0.4 is 24.3 Å². The number of aromatic amines is 1. The number of nitrogens with one attached hydrogen (secondary N) is 2. The first-order chi connectivity index (χ1) is 16.9. The minimum atomic E-state index is -5.08. The van der Waals surface area contributed by atoms with E-state index >= 15 is 0 Å². The number of carbonyl (C=O) groups is 1. The number of halogens is 5. The number of aryl methyl sites for hydroxylation is 1. The normalized spacial score (nSPS) is 10.9. The molecule has 2 heterocycles. The van der Waals surface area contributed by atoms with Crippen molar-refractivity contribution >= 4 is 60.5 Å². The number of benzene rings is 1. The molecule has 0 spiro atoms. The third-order valence-corrected chi connectivity index (χ3v) is 6.18. The molecule has 0 bridgehead atoms. The quantitative estimate of drug-likeness (QED) is 0.277. The van der Waals surface area contributed by atoms with Gasteiger partial charge in [0, 0.05) is 11.8 Å². The van der Waals surface area contributed by atoms with Crippen LogP contribution in [-0.4, -0.2) is 60.1 Å². The fourth-order valence-electron chi connectivity index (χ4n) is 2.95. The minimum absolute atomic E-state index is 0.368. The van der Waals surface area contributed by atoms with E-state index in [-0.39, 0.29) is 0 Å². The number of rotatable bonds is 8. The second kappa shape index (κ2) is 12.3. The first-order valence-corrected chi connectivity index (χ1v) is 11.8. The largest absolute Gasteiger partial charge is 0.493 e. The Kier molecular flexibility index (Phi) is 10.0. The van der Waals surface area contributed by atoms with Crippen LogP contribution >= 0.6 is 31.9 Å². The van der Waals surface area contributed by atoms with Gasteiger partial charge in [0.1, 0.15) is 5.65 Å². The minimum Gasteiger partial charge on any atom is -0.493 e. The van der Waals surface area contributed by atoms with Gasteiger partial charge >= 0.3 is 12.1 Å². The summed E-state index contributed by atoms with van der Waals surface area (Å²) in [5.41, 5.74) is 2.36. The molecule has 0 saturated heterocycles. The maximum atomic E-state index is 10.6. The molecular weight excluding hydrogens is 621 g/mol. The molecule has 0 amide bonds. The summed E-state index contributed by atoms with van der Waals surface area (Å²) in [6, 6.07) is 1.78. The summed E-state index contributed by atoms with van der Waals surface area (Å²) in [6.07, 6.45) is -4.26. The van der Waals surface area contributed by atoms with Crippen LogP contribution in [0.25, 0.3) is 11.0 Å². The monoisotopic (exact) mass is 642 g/mol. The van der Waals surface area contributed by atoms with Gasteiger partial charge < -0.3 is 34.4 Å². The number of aromatic nitrogens is 3. The van der Waals surface area contributed by atoms with Crippen LogP contribution in [-0.2, 0) is 11.2 Å². The van der Waals surface area contributed by atoms with Gasteiger partial charge in [0.25, 0.3) is 0 Å². The van der Waals surface area contributed by atoms with Crippen LogP contribution in [0.2, 0.25) is 0 Å². The first kappa shape index (κ1) is 29.3. The van der Waals surface area contributed by atoms with Crippen LogP contribution in [0.15, 0.2) is 15.0 Å².